The van der Waals surface area contributed by atoms with Gasteiger partial charge in [-0.25, -0.2) is 4.79 Å². The van der Waals surface area contributed by atoms with Crippen molar-refractivity contribution in [3.8, 4) is 6.07 Å². The summed E-state index contributed by atoms with van der Waals surface area (Å²) in [6.07, 6.45) is 0. The number of esters is 1. The van der Waals surface area contributed by atoms with Crippen LogP contribution in [0.25, 0.3) is 0 Å². The number of anilines is 1. The highest BCUT2D eigenvalue weighted by atomic mass is 79.9. The number of nitriles is 1. The van der Waals surface area contributed by atoms with Gasteiger partial charge >= 0.3 is 5.97 Å². The first kappa shape index (κ1) is 16.7. The number of aryl methyl sites for hydroxylation is 1. The standard InChI is InChI=1S/C17H13BrN2O3/c1-11-8-14(18)6-7-15(11)20-16(21)10-23-17(22)13-4-2-12(9-19)3-5-13/h2-8H,10H2,1H3,(H,20,21). The summed E-state index contributed by atoms with van der Waals surface area (Å²) >= 11 is 3.35. The van der Waals surface area contributed by atoms with Crippen molar-refractivity contribution in [2.45, 2.75) is 6.92 Å². The van der Waals surface area contributed by atoms with Crippen molar-refractivity contribution in [3.05, 3.63) is 63.6 Å². The highest BCUT2D eigenvalue weighted by Crippen LogP contribution is 2.19. The van der Waals surface area contributed by atoms with Crippen LogP contribution in [0, 0.1) is 18.3 Å². The molecule has 0 aliphatic heterocycles. The quantitative estimate of drug-likeness (QED) is 0.833. The normalized spacial score (nSPS) is 9.78. The zero-order valence-electron chi connectivity index (χ0n) is 12.3. The van der Waals surface area contributed by atoms with Crippen LogP contribution in [0.3, 0.4) is 0 Å². The van der Waals surface area contributed by atoms with Gasteiger partial charge in [0.25, 0.3) is 5.91 Å². The summed E-state index contributed by atoms with van der Waals surface area (Å²) in [7, 11) is 0. The number of hydrogen-bond acceptors (Lipinski definition) is 4. The van der Waals surface area contributed by atoms with E-state index in [1.54, 1.807) is 6.07 Å². The zero-order chi connectivity index (χ0) is 16.8. The number of carbonyl (C=O) groups excluding carboxylic acids is 2. The summed E-state index contributed by atoms with van der Waals surface area (Å²) in [6, 6.07) is 13.4. The fraction of sp³-hybridized carbons (Fsp3) is 0.118. The predicted octanol–water partition coefficient (Wildman–Crippen LogP) is 3.42. The average molecular weight is 373 g/mol. The van der Waals surface area contributed by atoms with Crippen LogP contribution in [-0.4, -0.2) is 18.5 Å². The Balaban J connectivity index is 1.90. The minimum Gasteiger partial charge on any atom is -0.452 e. The largest absolute Gasteiger partial charge is 0.452 e. The molecule has 0 saturated carbocycles. The minimum atomic E-state index is -0.614. The maximum atomic E-state index is 11.8. The molecule has 116 valence electrons. The second kappa shape index (κ2) is 7.56. The number of ether oxygens (including phenoxy) is 1. The lowest BCUT2D eigenvalue weighted by molar-refractivity contribution is -0.119. The summed E-state index contributed by atoms with van der Waals surface area (Å²) < 4.78 is 5.87. The summed E-state index contributed by atoms with van der Waals surface area (Å²) in [5, 5.41) is 11.4. The van der Waals surface area contributed by atoms with E-state index in [1.807, 2.05) is 25.1 Å². The minimum absolute atomic E-state index is 0.289. The van der Waals surface area contributed by atoms with Crippen LogP contribution >= 0.6 is 15.9 Å². The van der Waals surface area contributed by atoms with E-state index in [0.717, 1.165) is 10.0 Å². The van der Waals surface area contributed by atoms with E-state index in [2.05, 4.69) is 21.2 Å². The lowest BCUT2D eigenvalue weighted by Crippen LogP contribution is -2.21. The number of nitrogens with zero attached hydrogens (tertiary/aromatic N) is 1. The van der Waals surface area contributed by atoms with Gasteiger partial charge < -0.3 is 10.1 Å². The van der Waals surface area contributed by atoms with Gasteiger partial charge in [-0.1, -0.05) is 15.9 Å². The molecular weight excluding hydrogens is 360 g/mol. The van der Waals surface area contributed by atoms with E-state index in [1.165, 1.54) is 24.3 Å². The predicted molar refractivity (Wildman–Crippen MR) is 88.9 cm³/mol. The molecule has 0 radical (unpaired) electrons. The van der Waals surface area contributed by atoms with Crippen LogP contribution < -0.4 is 5.32 Å². The molecule has 5 nitrogen and oxygen atoms in total. The van der Waals surface area contributed by atoms with Crippen molar-refractivity contribution in [1.82, 2.24) is 0 Å². The molecule has 1 N–H and O–H groups in total. The molecule has 0 aromatic heterocycles. The first-order chi connectivity index (χ1) is 11.0. The van der Waals surface area contributed by atoms with Crippen molar-refractivity contribution in [2.24, 2.45) is 0 Å². The molecule has 2 aromatic carbocycles. The molecule has 0 atom stereocenters. The van der Waals surface area contributed by atoms with Gasteiger partial charge in [0.2, 0.25) is 0 Å². The van der Waals surface area contributed by atoms with Crippen LogP contribution in [0.2, 0.25) is 0 Å². The number of benzene rings is 2. The SMILES string of the molecule is Cc1cc(Br)ccc1NC(=O)COC(=O)c1ccc(C#N)cc1. The third-order valence-corrected chi connectivity index (χ3v) is 3.54. The lowest BCUT2D eigenvalue weighted by atomic mass is 10.1. The van der Waals surface area contributed by atoms with Crippen molar-refractivity contribution in [2.75, 3.05) is 11.9 Å². The molecule has 0 spiro atoms. The first-order valence-electron chi connectivity index (χ1n) is 6.73. The van der Waals surface area contributed by atoms with E-state index < -0.39 is 11.9 Å². The number of nitrogens with one attached hydrogen (secondary N) is 1. The van der Waals surface area contributed by atoms with Gasteiger partial charge in [0.05, 0.1) is 17.2 Å². The summed E-state index contributed by atoms with van der Waals surface area (Å²) in [4.78, 5) is 23.7. The summed E-state index contributed by atoms with van der Waals surface area (Å²) in [5.74, 6) is -1.03. The Hall–Kier alpha value is -2.65. The number of rotatable bonds is 4. The molecular formula is C17H13BrN2O3. The van der Waals surface area contributed by atoms with Crippen molar-refractivity contribution < 1.29 is 14.3 Å². The fourth-order valence-electron chi connectivity index (χ4n) is 1.85. The van der Waals surface area contributed by atoms with E-state index >= 15 is 0 Å². The van der Waals surface area contributed by atoms with Crippen LogP contribution in [-0.2, 0) is 9.53 Å². The van der Waals surface area contributed by atoms with Crippen molar-refractivity contribution in [3.63, 3.8) is 0 Å². The van der Waals surface area contributed by atoms with Crippen LogP contribution in [0.5, 0.6) is 0 Å². The van der Waals surface area contributed by atoms with E-state index in [4.69, 9.17) is 10.00 Å². The van der Waals surface area contributed by atoms with E-state index in [9.17, 15) is 9.59 Å². The molecule has 0 unspecified atom stereocenters. The molecule has 0 bridgehead atoms. The maximum absolute atomic E-state index is 11.8. The van der Waals surface area contributed by atoms with Gasteiger partial charge in [-0.2, -0.15) is 5.26 Å². The van der Waals surface area contributed by atoms with Gasteiger partial charge in [0.15, 0.2) is 6.61 Å². The van der Waals surface area contributed by atoms with Crippen LogP contribution in [0.1, 0.15) is 21.5 Å². The third-order valence-electron chi connectivity index (χ3n) is 3.05. The molecule has 0 saturated heterocycles. The molecule has 0 heterocycles. The lowest BCUT2D eigenvalue weighted by Gasteiger charge is -2.09. The smallest absolute Gasteiger partial charge is 0.338 e. The fourth-order valence-corrected chi connectivity index (χ4v) is 2.32. The first-order valence-corrected chi connectivity index (χ1v) is 7.52. The second-order valence-corrected chi connectivity index (χ2v) is 5.69. The molecule has 0 aliphatic carbocycles. The number of carbonyl (C=O) groups is 2. The van der Waals surface area contributed by atoms with Gasteiger partial charge in [0, 0.05) is 10.2 Å². The van der Waals surface area contributed by atoms with Gasteiger partial charge in [-0.15, -0.1) is 0 Å². The topological polar surface area (TPSA) is 79.2 Å². The Morgan fingerprint density at radius 2 is 1.91 bits per heavy atom. The number of amides is 1. The molecule has 0 aliphatic rings. The Labute approximate surface area is 142 Å². The Kier molecular flexibility index (Phi) is 5.50. The highest BCUT2D eigenvalue weighted by Gasteiger charge is 2.11. The number of hydrogen-bond donors (Lipinski definition) is 1. The van der Waals surface area contributed by atoms with Gasteiger partial charge in [-0.3, -0.25) is 4.79 Å². The summed E-state index contributed by atoms with van der Waals surface area (Å²) in [5.41, 5.74) is 2.29. The molecule has 2 rings (SSSR count). The Morgan fingerprint density at radius 1 is 1.22 bits per heavy atom. The highest BCUT2D eigenvalue weighted by molar-refractivity contribution is 9.10. The molecule has 23 heavy (non-hydrogen) atoms. The monoisotopic (exact) mass is 372 g/mol. The van der Waals surface area contributed by atoms with Crippen molar-refractivity contribution in [1.29, 1.82) is 5.26 Å². The molecule has 6 heteroatoms. The zero-order valence-corrected chi connectivity index (χ0v) is 13.9. The Bertz CT molecular complexity index is 779. The van der Waals surface area contributed by atoms with Crippen LogP contribution in [0.15, 0.2) is 46.9 Å². The third kappa shape index (κ3) is 4.66. The van der Waals surface area contributed by atoms with Gasteiger partial charge in [-0.05, 0) is 55.0 Å². The molecule has 0 fully saturated rings. The van der Waals surface area contributed by atoms with Crippen molar-refractivity contribution >= 4 is 33.5 Å². The van der Waals surface area contributed by atoms with E-state index in [0.29, 0.717) is 11.3 Å². The molecule has 2 aromatic rings. The van der Waals surface area contributed by atoms with E-state index in [-0.39, 0.29) is 12.2 Å². The maximum Gasteiger partial charge on any atom is 0.338 e. The average Bonchev–Trinajstić information content (AvgIpc) is 2.55. The number of halogens is 1. The van der Waals surface area contributed by atoms with Gasteiger partial charge in [0.1, 0.15) is 0 Å². The summed E-state index contributed by atoms with van der Waals surface area (Å²) in [6.45, 7) is 1.48. The van der Waals surface area contributed by atoms with Crippen LogP contribution in [0.4, 0.5) is 5.69 Å². The molecule has 1 amide bonds. The second-order valence-electron chi connectivity index (χ2n) is 4.77. The Morgan fingerprint density at radius 3 is 2.52 bits per heavy atom.